The normalized spacial score (nSPS) is 19.1. The summed E-state index contributed by atoms with van der Waals surface area (Å²) < 4.78 is 5.64. The minimum atomic E-state index is -0.0953. The van der Waals surface area contributed by atoms with Gasteiger partial charge < -0.3 is 9.32 Å². The van der Waals surface area contributed by atoms with Crippen molar-refractivity contribution in [2.45, 2.75) is 20.0 Å². The zero-order valence-corrected chi connectivity index (χ0v) is 12.4. The molecule has 0 amide bonds. The third-order valence-corrected chi connectivity index (χ3v) is 2.96. The van der Waals surface area contributed by atoms with Crippen LogP contribution in [0.15, 0.2) is 26.5 Å². The summed E-state index contributed by atoms with van der Waals surface area (Å²) in [4.78, 5) is 15.0. The van der Waals surface area contributed by atoms with E-state index in [0.717, 1.165) is 23.6 Å². The van der Waals surface area contributed by atoms with Gasteiger partial charge in [-0.2, -0.15) is 0 Å². The molecule has 104 valence electrons. The van der Waals surface area contributed by atoms with Crippen LogP contribution in [0.25, 0.3) is 0 Å². The van der Waals surface area contributed by atoms with E-state index >= 15 is 0 Å². The number of guanidine groups is 2. The number of hydrogen-bond acceptors (Lipinski definition) is 6. The Morgan fingerprint density at radius 1 is 1.16 bits per heavy atom. The molecule has 19 heavy (non-hydrogen) atoms. The molecule has 6 nitrogen and oxygen atoms in total. The topological polar surface area (TPSA) is 47.6 Å². The fourth-order valence-corrected chi connectivity index (χ4v) is 2.05. The highest BCUT2D eigenvalue weighted by molar-refractivity contribution is 6.06. The van der Waals surface area contributed by atoms with E-state index < -0.39 is 0 Å². The van der Waals surface area contributed by atoms with Crippen LogP contribution in [-0.2, 0) is 0 Å². The van der Waals surface area contributed by atoms with E-state index in [1.165, 1.54) is 0 Å². The van der Waals surface area contributed by atoms with Gasteiger partial charge in [0.05, 0.1) is 0 Å². The fourth-order valence-electron chi connectivity index (χ4n) is 2.05. The average Bonchev–Trinajstić information content (AvgIpc) is 2.77. The van der Waals surface area contributed by atoms with Crippen molar-refractivity contribution in [2.75, 3.05) is 33.1 Å². The van der Waals surface area contributed by atoms with Crippen molar-refractivity contribution in [3.63, 3.8) is 0 Å². The van der Waals surface area contributed by atoms with Gasteiger partial charge in [0.1, 0.15) is 11.9 Å². The number of aryl methyl sites for hydroxylation is 1. The molecule has 1 aromatic heterocycles. The molecule has 2 heterocycles. The molecule has 0 saturated heterocycles. The van der Waals surface area contributed by atoms with Gasteiger partial charge in [0.15, 0.2) is 0 Å². The highest BCUT2D eigenvalue weighted by Gasteiger charge is 2.25. The molecule has 0 aromatic carbocycles. The summed E-state index contributed by atoms with van der Waals surface area (Å²) in [6.07, 6.45) is -0.0953. The predicted molar refractivity (Wildman–Crippen MR) is 77.6 cm³/mol. The van der Waals surface area contributed by atoms with Crippen LogP contribution in [0, 0.1) is 6.92 Å². The van der Waals surface area contributed by atoms with Gasteiger partial charge in [0.25, 0.3) is 0 Å². The van der Waals surface area contributed by atoms with E-state index in [2.05, 4.69) is 9.98 Å². The molecule has 0 aliphatic carbocycles. The molecule has 1 unspecified atom stereocenters. The van der Waals surface area contributed by atoms with Gasteiger partial charge >= 0.3 is 0 Å². The lowest BCUT2D eigenvalue weighted by atomic mass is 10.4. The Kier molecular flexibility index (Phi) is 3.50. The summed E-state index contributed by atoms with van der Waals surface area (Å²) in [5, 5.41) is 0. The average molecular weight is 263 g/mol. The zero-order chi connectivity index (χ0) is 14.2. The first kappa shape index (κ1) is 13.5. The van der Waals surface area contributed by atoms with Crippen molar-refractivity contribution in [3.05, 3.63) is 17.9 Å². The molecule has 1 aliphatic heterocycles. The maximum absolute atomic E-state index is 5.64. The van der Waals surface area contributed by atoms with Crippen molar-refractivity contribution in [1.29, 1.82) is 0 Å². The molecule has 1 aromatic rings. The first-order valence-corrected chi connectivity index (χ1v) is 6.27. The van der Waals surface area contributed by atoms with Gasteiger partial charge in [-0.3, -0.25) is 9.80 Å². The van der Waals surface area contributed by atoms with Crippen molar-refractivity contribution >= 4 is 17.8 Å². The van der Waals surface area contributed by atoms with Crippen LogP contribution >= 0.6 is 0 Å². The highest BCUT2D eigenvalue weighted by atomic mass is 16.4. The van der Waals surface area contributed by atoms with E-state index in [4.69, 9.17) is 4.42 Å². The lowest BCUT2D eigenvalue weighted by Gasteiger charge is -2.34. The van der Waals surface area contributed by atoms with Crippen LogP contribution in [0.1, 0.15) is 12.7 Å². The van der Waals surface area contributed by atoms with E-state index in [-0.39, 0.29) is 6.17 Å². The van der Waals surface area contributed by atoms with Crippen LogP contribution in [0.5, 0.6) is 0 Å². The number of anilines is 1. The fraction of sp³-hybridized carbons (Fsp3) is 0.538. The third-order valence-electron chi connectivity index (χ3n) is 2.96. The first-order valence-electron chi connectivity index (χ1n) is 6.27. The van der Waals surface area contributed by atoms with E-state index in [0.29, 0.717) is 0 Å². The summed E-state index contributed by atoms with van der Waals surface area (Å²) in [5.41, 5.74) is 0. The lowest BCUT2D eigenvalue weighted by molar-refractivity contribution is 0.491. The molecule has 0 bridgehead atoms. The largest absolute Gasteiger partial charge is 0.445 e. The lowest BCUT2D eigenvalue weighted by Crippen LogP contribution is -2.51. The molecule has 0 fully saturated rings. The van der Waals surface area contributed by atoms with Gasteiger partial charge in [-0.05, 0) is 19.9 Å². The maximum atomic E-state index is 5.64. The summed E-state index contributed by atoms with van der Waals surface area (Å²) in [6.45, 7) is 3.90. The standard InChI is InChI=1S/C13H21N5O/c1-9-7-8-11(19-9)17(5)13-15-10(2)14-12(16(3)4)18(13)6/h7-8,10H,1-6H3. The summed E-state index contributed by atoms with van der Waals surface area (Å²) >= 11 is 0. The quantitative estimate of drug-likeness (QED) is 0.772. The molecular weight excluding hydrogens is 242 g/mol. The molecule has 0 radical (unpaired) electrons. The number of furan rings is 1. The second-order valence-electron chi connectivity index (χ2n) is 4.89. The Hall–Kier alpha value is -1.98. The number of hydrogen-bond donors (Lipinski definition) is 0. The summed E-state index contributed by atoms with van der Waals surface area (Å²) in [5.74, 6) is 3.36. The molecule has 1 aliphatic rings. The van der Waals surface area contributed by atoms with Crippen molar-refractivity contribution in [2.24, 2.45) is 9.98 Å². The van der Waals surface area contributed by atoms with Crippen LogP contribution in [0.2, 0.25) is 0 Å². The van der Waals surface area contributed by atoms with E-state index in [1.807, 2.05) is 68.9 Å². The highest BCUT2D eigenvalue weighted by Crippen LogP contribution is 2.20. The minimum Gasteiger partial charge on any atom is -0.445 e. The van der Waals surface area contributed by atoms with Gasteiger partial charge in [0.2, 0.25) is 17.8 Å². The second-order valence-corrected chi connectivity index (χ2v) is 4.89. The zero-order valence-electron chi connectivity index (χ0n) is 12.4. The number of aliphatic imine (C=N–C) groups is 2. The molecule has 0 spiro atoms. The van der Waals surface area contributed by atoms with Crippen LogP contribution in [0.4, 0.5) is 5.88 Å². The molecule has 2 rings (SSSR count). The minimum absolute atomic E-state index is 0.0953. The molecule has 0 saturated carbocycles. The van der Waals surface area contributed by atoms with Crippen LogP contribution in [0.3, 0.4) is 0 Å². The van der Waals surface area contributed by atoms with Crippen molar-refractivity contribution in [3.8, 4) is 0 Å². The van der Waals surface area contributed by atoms with Gasteiger partial charge in [-0.15, -0.1) is 0 Å². The Bertz CT molecular complexity index is 517. The molecule has 0 N–H and O–H groups in total. The smallest absolute Gasteiger partial charge is 0.212 e. The van der Waals surface area contributed by atoms with E-state index in [9.17, 15) is 0 Å². The van der Waals surface area contributed by atoms with Crippen LogP contribution in [-0.4, -0.2) is 56.1 Å². The SMILES string of the molecule is Cc1ccc(N(C)C2=NC(C)N=C(N(C)C)N2C)o1. The Labute approximate surface area is 114 Å². The predicted octanol–water partition coefficient (Wildman–Crippen LogP) is 1.59. The third kappa shape index (κ3) is 2.57. The molecular formula is C13H21N5O. The molecule has 6 heteroatoms. The van der Waals surface area contributed by atoms with E-state index in [1.54, 1.807) is 0 Å². The Morgan fingerprint density at radius 3 is 2.32 bits per heavy atom. The van der Waals surface area contributed by atoms with Crippen LogP contribution < -0.4 is 4.90 Å². The van der Waals surface area contributed by atoms with Crippen molar-refractivity contribution < 1.29 is 4.42 Å². The van der Waals surface area contributed by atoms with Gasteiger partial charge in [-0.25, -0.2) is 9.98 Å². The maximum Gasteiger partial charge on any atom is 0.212 e. The monoisotopic (exact) mass is 263 g/mol. The first-order chi connectivity index (χ1) is 8.90. The Morgan fingerprint density at radius 2 is 1.79 bits per heavy atom. The molecule has 1 atom stereocenters. The number of rotatable bonds is 1. The number of nitrogens with zero attached hydrogens (tertiary/aromatic N) is 5. The van der Waals surface area contributed by atoms with Gasteiger partial charge in [0, 0.05) is 34.3 Å². The van der Waals surface area contributed by atoms with Gasteiger partial charge in [-0.1, -0.05) is 0 Å². The second kappa shape index (κ2) is 4.95. The Balaban J connectivity index is 2.29. The summed E-state index contributed by atoms with van der Waals surface area (Å²) in [6, 6.07) is 3.89. The summed E-state index contributed by atoms with van der Waals surface area (Å²) in [7, 11) is 7.85. The van der Waals surface area contributed by atoms with Crippen molar-refractivity contribution in [1.82, 2.24) is 9.80 Å².